The van der Waals surface area contributed by atoms with Crippen molar-refractivity contribution >= 4 is 86.4 Å². The van der Waals surface area contributed by atoms with Crippen molar-refractivity contribution in [3.05, 3.63) is 69.4 Å². The van der Waals surface area contributed by atoms with Crippen LogP contribution >= 0.6 is 56.8 Å². The van der Waals surface area contributed by atoms with Gasteiger partial charge in [-0.05, 0) is 81.9 Å². The summed E-state index contributed by atoms with van der Waals surface area (Å²) in [5.41, 5.74) is 0.782. The molecule has 0 saturated carbocycles. The van der Waals surface area contributed by atoms with Crippen LogP contribution < -0.4 is 4.74 Å². The third-order valence-corrected chi connectivity index (χ3v) is 5.89. The number of halogens is 3. The van der Waals surface area contributed by atoms with Gasteiger partial charge in [0.05, 0.1) is 29.3 Å². The van der Waals surface area contributed by atoms with Gasteiger partial charge in [0.2, 0.25) is 5.90 Å². The number of cyclic esters (lactones) is 1. The molecule has 0 bridgehead atoms. The van der Waals surface area contributed by atoms with Gasteiger partial charge in [0, 0.05) is 12.1 Å². The monoisotopic (exact) mass is 682 g/mol. The first-order chi connectivity index (χ1) is 15.2. The van der Waals surface area contributed by atoms with Crippen LogP contribution in [0.3, 0.4) is 0 Å². The smallest absolute Gasteiger partial charge is 0.363 e. The van der Waals surface area contributed by atoms with Crippen LogP contribution in [0.4, 0.5) is 5.69 Å². The van der Waals surface area contributed by atoms with Gasteiger partial charge in [-0.1, -0.05) is 11.6 Å². The number of ether oxygens (including phenoxy) is 3. The summed E-state index contributed by atoms with van der Waals surface area (Å²) >= 11 is 10.2. The number of carbonyl (C=O) groups excluding carboxylic acids is 2. The van der Waals surface area contributed by atoms with Crippen LogP contribution in [-0.4, -0.2) is 36.0 Å². The molecule has 1 heterocycles. The van der Waals surface area contributed by atoms with E-state index in [1.807, 2.05) is 0 Å². The van der Waals surface area contributed by atoms with Gasteiger partial charge < -0.3 is 14.2 Å². The molecule has 32 heavy (non-hydrogen) atoms. The average molecular weight is 683 g/mol. The second kappa shape index (κ2) is 10.6. The predicted molar refractivity (Wildman–Crippen MR) is 133 cm³/mol. The van der Waals surface area contributed by atoms with Crippen LogP contribution in [0.2, 0.25) is 5.02 Å². The standard InChI is InChI=1S/C20H13ClI2N2O7/c1-2-30-17(26)9-31-18-14(22)5-10(6-15(18)23)7-16-20(27)32-19(24-16)12-4-3-11(25(28)29)8-13(12)21/h3-8H,2,9H2,1H3/b16-7-. The number of hydrogen-bond acceptors (Lipinski definition) is 8. The van der Waals surface area contributed by atoms with Crippen molar-refractivity contribution < 1.29 is 28.7 Å². The summed E-state index contributed by atoms with van der Waals surface area (Å²) in [5.74, 6) is -0.662. The SMILES string of the molecule is CCOC(=O)COc1c(I)cc(/C=C2\N=C(c3ccc([N+](=O)[O-])cc3Cl)OC2=O)cc1I. The lowest BCUT2D eigenvalue weighted by Crippen LogP contribution is -2.15. The number of nitro benzene ring substituents is 1. The zero-order valence-corrected chi connectivity index (χ0v) is 21.3. The number of aliphatic imine (C=N–C) groups is 1. The normalized spacial score (nSPS) is 14.2. The minimum atomic E-state index is -0.679. The number of nitrogens with zero attached hydrogens (tertiary/aromatic N) is 2. The molecule has 166 valence electrons. The molecule has 0 spiro atoms. The molecule has 1 aliphatic heterocycles. The fourth-order valence-electron chi connectivity index (χ4n) is 2.61. The molecule has 0 unspecified atom stereocenters. The van der Waals surface area contributed by atoms with Crippen molar-refractivity contribution in [3.63, 3.8) is 0 Å². The Morgan fingerprint density at radius 2 is 1.97 bits per heavy atom. The lowest BCUT2D eigenvalue weighted by molar-refractivity contribution is -0.384. The van der Waals surface area contributed by atoms with Gasteiger partial charge in [-0.15, -0.1) is 0 Å². The van der Waals surface area contributed by atoms with E-state index in [0.717, 1.165) is 13.2 Å². The van der Waals surface area contributed by atoms with Gasteiger partial charge in [0.1, 0.15) is 5.75 Å². The van der Waals surface area contributed by atoms with Crippen molar-refractivity contribution in [2.45, 2.75) is 6.92 Å². The molecular weight excluding hydrogens is 669 g/mol. The van der Waals surface area contributed by atoms with Gasteiger partial charge >= 0.3 is 11.9 Å². The molecule has 0 radical (unpaired) electrons. The summed E-state index contributed by atoms with van der Waals surface area (Å²) in [6.07, 6.45) is 1.54. The molecular formula is C20H13ClI2N2O7. The molecule has 1 aliphatic rings. The lowest BCUT2D eigenvalue weighted by Gasteiger charge is -2.11. The van der Waals surface area contributed by atoms with Crippen LogP contribution in [0.5, 0.6) is 5.75 Å². The quantitative estimate of drug-likeness (QED) is 0.136. The number of non-ortho nitro benzene ring substituents is 1. The number of benzene rings is 2. The first kappa shape index (κ1) is 24.4. The highest BCUT2D eigenvalue weighted by molar-refractivity contribution is 14.1. The fourth-order valence-corrected chi connectivity index (χ4v) is 4.99. The fraction of sp³-hybridized carbons (Fsp3) is 0.150. The molecule has 2 aromatic rings. The highest BCUT2D eigenvalue weighted by Crippen LogP contribution is 2.31. The Kier molecular flexibility index (Phi) is 8.05. The Labute approximate surface area is 214 Å². The van der Waals surface area contributed by atoms with Crippen molar-refractivity contribution in [2.75, 3.05) is 13.2 Å². The molecule has 0 atom stereocenters. The van der Waals surface area contributed by atoms with Gasteiger partial charge in [-0.3, -0.25) is 10.1 Å². The second-order valence-electron chi connectivity index (χ2n) is 6.16. The molecule has 0 fully saturated rings. The zero-order valence-electron chi connectivity index (χ0n) is 16.3. The third kappa shape index (κ3) is 5.75. The largest absolute Gasteiger partial charge is 0.480 e. The van der Waals surface area contributed by atoms with Gasteiger partial charge in [0.15, 0.2) is 12.3 Å². The molecule has 12 heteroatoms. The summed E-state index contributed by atoms with van der Waals surface area (Å²) in [7, 11) is 0. The molecule has 3 rings (SSSR count). The summed E-state index contributed by atoms with van der Waals surface area (Å²) in [6, 6.07) is 7.30. The number of hydrogen-bond donors (Lipinski definition) is 0. The van der Waals surface area contributed by atoms with Crippen LogP contribution in [0.25, 0.3) is 6.08 Å². The van der Waals surface area contributed by atoms with E-state index >= 15 is 0 Å². The molecule has 0 saturated heterocycles. The Hall–Kier alpha value is -2.26. The number of carbonyl (C=O) groups is 2. The molecule has 9 nitrogen and oxygen atoms in total. The maximum atomic E-state index is 12.3. The minimum Gasteiger partial charge on any atom is -0.480 e. The van der Waals surface area contributed by atoms with E-state index in [-0.39, 0.29) is 41.1 Å². The Balaban J connectivity index is 1.85. The third-order valence-electron chi connectivity index (χ3n) is 3.98. The van der Waals surface area contributed by atoms with Crippen LogP contribution in [-0.2, 0) is 19.1 Å². The van der Waals surface area contributed by atoms with E-state index in [1.54, 1.807) is 19.1 Å². The van der Waals surface area contributed by atoms with Gasteiger partial charge in [-0.25, -0.2) is 14.6 Å². The van der Waals surface area contributed by atoms with Crippen LogP contribution in [0.1, 0.15) is 18.1 Å². The van der Waals surface area contributed by atoms with Crippen molar-refractivity contribution in [2.24, 2.45) is 4.99 Å². The lowest BCUT2D eigenvalue weighted by atomic mass is 10.2. The number of esters is 2. The summed E-state index contributed by atoms with van der Waals surface area (Å²) < 4.78 is 17.0. The van der Waals surface area contributed by atoms with E-state index in [9.17, 15) is 19.7 Å². The molecule has 0 amide bonds. The van der Waals surface area contributed by atoms with Crippen molar-refractivity contribution in [1.82, 2.24) is 0 Å². The predicted octanol–water partition coefficient (Wildman–Crippen LogP) is 4.74. The van der Waals surface area contributed by atoms with E-state index in [4.69, 9.17) is 25.8 Å². The highest BCUT2D eigenvalue weighted by atomic mass is 127. The molecule has 0 aliphatic carbocycles. The van der Waals surface area contributed by atoms with Crippen molar-refractivity contribution in [1.29, 1.82) is 0 Å². The van der Waals surface area contributed by atoms with Gasteiger partial charge in [-0.2, -0.15) is 0 Å². The Bertz CT molecular complexity index is 1160. The molecule has 2 aromatic carbocycles. The van der Waals surface area contributed by atoms with E-state index < -0.39 is 16.9 Å². The first-order valence-electron chi connectivity index (χ1n) is 8.94. The minimum absolute atomic E-state index is 0.0409. The topological polar surface area (TPSA) is 117 Å². The Morgan fingerprint density at radius 1 is 1.28 bits per heavy atom. The summed E-state index contributed by atoms with van der Waals surface area (Å²) in [5, 5.41) is 10.9. The highest BCUT2D eigenvalue weighted by Gasteiger charge is 2.26. The summed E-state index contributed by atoms with van der Waals surface area (Å²) in [6.45, 7) is 1.77. The van der Waals surface area contributed by atoms with Crippen LogP contribution in [0.15, 0.2) is 41.0 Å². The first-order valence-corrected chi connectivity index (χ1v) is 11.5. The van der Waals surface area contributed by atoms with Crippen LogP contribution in [0, 0.1) is 17.3 Å². The zero-order chi connectivity index (χ0) is 23.4. The van der Waals surface area contributed by atoms with Gasteiger partial charge in [0.25, 0.3) is 5.69 Å². The Morgan fingerprint density at radius 3 is 2.56 bits per heavy atom. The van der Waals surface area contributed by atoms with E-state index in [0.29, 0.717) is 11.3 Å². The maximum Gasteiger partial charge on any atom is 0.363 e. The average Bonchev–Trinajstić information content (AvgIpc) is 3.07. The number of rotatable bonds is 7. The van der Waals surface area contributed by atoms with E-state index in [1.165, 1.54) is 18.2 Å². The number of nitro groups is 1. The maximum absolute atomic E-state index is 12.3. The summed E-state index contributed by atoms with van der Waals surface area (Å²) in [4.78, 5) is 38.3. The molecule has 0 N–H and O–H groups in total. The van der Waals surface area contributed by atoms with E-state index in [2.05, 4.69) is 50.2 Å². The second-order valence-corrected chi connectivity index (χ2v) is 8.90. The van der Waals surface area contributed by atoms with Crippen molar-refractivity contribution in [3.8, 4) is 5.75 Å². The molecule has 0 aromatic heterocycles.